The maximum absolute atomic E-state index is 12.3. The summed E-state index contributed by atoms with van der Waals surface area (Å²) < 4.78 is 5.93. The normalized spacial score (nSPS) is 16.3. The van der Waals surface area contributed by atoms with Crippen LogP contribution in [0.5, 0.6) is 5.75 Å². The summed E-state index contributed by atoms with van der Waals surface area (Å²) in [6.45, 7) is 2.88. The Bertz CT molecular complexity index is 846. The largest absolute Gasteiger partial charge is 0.487 e. The molecule has 1 aromatic heterocycles. The third kappa shape index (κ3) is 4.43. The van der Waals surface area contributed by atoms with Crippen LogP contribution in [-0.2, 0) is 17.8 Å². The van der Waals surface area contributed by atoms with Crippen LogP contribution in [0.15, 0.2) is 24.3 Å². The second-order valence-electron chi connectivity index (χ2n) is 7.70. The fraction of sp³-hybridized carbons (Fsp3) is 0.500. The topological polar surface area (TPSA) is 76.1 Å². The van der Waals surface area contributed by atoms with Gasteiger partial charge in [-0.1, -0.05) is 37.5 Å². The van der Waals surface area contributed by atoms with E-state index in [0.29, 0.717) is 31.4 Å². The monoisotopic (exact) mass is 380 g/mol. The zero-order valence-electron chi connectivity index (χ0n) is 16.5. The van der Waals surface area contributed by atoms with Crippen LogP contribution >= 0.6 is 0 Å². The fourth-order valence-electron chi connectivity index (χ4n) is 4.07. The minimum absolute atomic E-state index is 0.116. The van der Waals surface area contributed by atoms with Gasteiger partial charge in [-0.05, 0) is 31.4 Å². The molecule has 28 heavy (non-hydrogen) atoms. The van der Waals surface area contributed by atoms with Gasteiger partial charge in [0.2, 0.25) is 5.91 Å². The number of anilines is 1. The molecule has 1 aliphatic carbocycles. The first kappa shape index (κ1) is 18.7. The summed E-state index contributed by atoms with van der Waals surface area (Å²) in [4.78, 5) is 21.5. The Labute approximate surface area is 166 Å². The number of aromatic nitrogens is 2. The molecule has 6 nitrogen and oxygen atoms in total. The first-order valence-electron chi connectivity index (χ1n) is 10.3. The molecule has 1 aliphatic heterocycles. The van der Waals surface area contributed by atoms with Crippen LogP contribution in [0.1, 0.15) is 61.2 Å². The van der Waals surface area contributed by atoms with Crippen LogP contribution < -0.4 is 15.4 Å². The summed E-state index contributed by atoms with van der Waals surface area (Å²) in [7, 11) is 0. The van der Waals surface area contributed by atoms with Crippen LogP contribution in [0.2, 0.25) is 0 Å². The number of rotatable bonds is 5. The number of carbonyl (C=O) groups is 1. The maximum Gasteiger partial charge on any atom is 0.221 e. The van der Waals surface area contributed by atoms with Gasteiger partial charge in [0.05, 0.1) is 5.69 Å². The van der Waals surface area contributed by atoms with Gasteiger partial charge in [0.1, 0.15) is 24.0 Å². The minimum Gasteiger partial charge on any atom is -0.487 e. The molecule has 148 valence electrons. The van der Waals surface area contributed by atoms with E-state index in [0.717, 1.165) is 47.7 Å². The van der Waals surface area contributed by atoms with Gasteiger partial charge < -0.3 is 15.4 Å². The van der Waals surface area contributed by atoms with E-state index >= 15 is 0 Å². The highest BCUT2D eigenvalue weighted by molar-refractivity contribution is 5.76. The number of nitrogens with zero attached hydrogens (tertiary/aromatic N) is 2. The minimum atomic E-state index is 0.116. The Morgan fingerprint density at radius 2 is 2.00 bits per heavy atom. The molecule has 0 atom stereocenters. The smallest absolute Gasteiger partial charge is 0.221 e. The number of amides is 1. The lowest BCUT2D eigenvalue weighted by atomic mass is 9.95. The number of nitrogens with one attached hydrogen (secondary N) is 2. The zero-order valence-corrected chi connectivity index (χ0v) is 16.5. The Hall–Kier alpha value is -2.63. The molecule has 4 rings (SSSR count). The van der Waals surface area contributed by atoms with Crippen LogP contribution in [0, 0.1) is 6.92 Å². The van der Waals surface area contributed by atoms with Crippen molar-refractivity contribution in [3.8, 4) is 5.75 Å². The zero-order chi connectivity index (χ0) is 19.3. The lowest BCUT2D eigenvalue weighted by Crippen LogP contribution is -2.36. The number of fused-ring (bicyclic) bond motifs is 2. The molecular formula is C22H28N4O2. The maximum atomic E-state index is 12.3. The molecule has 2 N–H and O–H groups in total. The number of carbonyl (C=O) groups excluding carboxylic acids is 1. The van der Waals surface area contributed by atoms with Gasteiger partial charge in [0.25, 0.3) is 0 Å². The quantitative estimate of drug-likeness (QED) is 0.830. The van der Waals surface area contributed by atoms with Gasteiger partial charge in [0, 0.05) is 31.0 Å². The first-order valence-corrected chi connectivity index (χ1v) is 10.3. The molecule has 2 heterocycles. The molecule has 1 aromatic carbocycles. The third-order valence-electron chi connectivity index (χ3n) is 5.52. The number of hydrogen-bond acceptors (Lipinski definition) is 5. The summed E-state index contributed by atoms with van der Waals surface area (Å²) in [6, 6.07) is 8.42. The Morgan fingerprint density at radius 3 is 2.86 bits per heavy atom. The van der Waals surface area contributed by atoms with Crippen molar-refractivity contribution in [2.45, 2.75) is 64.5 Å². The summed E-state index contributed by atoms with van der Waals surface area (Å²) in [6.07, 6.45) is 7.12. The number of para-hydroxylation sites is 1. The molecule has 0 spiro atoms. The van der Waals surface area contributed by atoms with E-state index in [1.54, 1.807) is 0 Å². The van der Waals surface area contributed by atoms with Crippen molar-refractivity contribution >= 4 is 11.7 Å². The Balaban J connectivity index is 1.41. The average Bonchev–Trinajstić information content (AvgIpc) is 2.88. The lowest BCUT2D eigenvalue weighted by molar-refractivity contribution is -0.121. The predicted octanol–water partition coefficient (Wildman–Crippen LogP) is 3.52. The summed E-state index contributed by atoms with van der Waals surface area (Å²) >= 11 is 0. The molecule has 2 aromatic rings. The third-order valence-corrected chi connectivity index (χ3v) is 5.52. The van der Waals surface area contributed by atoms with Crippen molar-refractivity contribution in [2.75, 3.05) is 11.9 Å². The Morgan fingerprint density at radius 1 is 1.18 bits per heavy atom. The molecule has 1 amide bonds. The highest BCUT2D eigenvalue weighted by Gasteiger charge is 2.20. The number of aryl methyl sites for hydroxylation is 1. The molecule has 0 saturated heterocycles. The second kappa shape index (κ2) is 8.59. The van der Waals surface area contributed by atoms with Crippen LogP contribution in [-0.4, -0.2) is 28.5 Å². The molecule has 2 aliphatic rings. The highest BCUT2D eigenvalue weighted by Crippen LogP contribution is 2.30. The molecule has 0 unspecified atom stereocenters. The van der Waals surface area contributed by atoms with Crippen LogP contribution in [0.4, 0.5) is 5.82 Å². The molecule has 1 fully saturated rings. The van der Waals surface area contributed by atoms with Crippen LogP contribution in [0.3, 0.4) is 0 Å². The van der Waals surface area contributed by atoms with E-state index in [-0.39, 0.29) is 5.91 Å². The van der Waals surface area contributed by atoms with E-state index < -0.39 is 0 Å². The number of benzene rings is 1. The van der Waals surface area contributed by atoms with Crippen molar-refractivity contribution in [3.05, 3.63) is 46.9 Å². The van der Waals surface area contributed by atoms with Crippen molar-refractivity contribution < 1.29 is 9.53 Å². The summed E-state index contributed by atoms with van der Waals surface area (Å²) in [5, 5.41) is 6.54. The van der Waals surface area contributed by atoms with Gasteiger partial charge in [-0.3, -0.25) is 4.79 Å². The van der Waals surface area contributed by atoms with E-state index in [9.17, 15) is 4.79 Å². The molecule has 1 saturated carbocycles. The van der Waals surface area contributed by atoms with Gasteiger partial charge in [-0.15, -0.1) is 0 Å². The van der Waals surface area contributed by atoms with Gasteiger partial charge in [-0.25, -0.2) is 9.97 Å². The lowest BCUT2D eigenvalue weighted by Gasteiger charge is -2.22. The van der Waals surface area contributed by atoms with Gasteiger partial charge in [-0.2, -0.15) is 0 Å². The predicted molar refractivity (Wildman–Crippen MR) is 108 cm³/mol. The average molecular weight is 380 g/mol. The molecule has 0 radical (unpaired) electrons. The van der Waals surface area contributed by atoms with E-state index in [2.05, 4.69) is 26.7 Å². The van der Waals surface area contributed by atoms with Crippen LogP contribution in [0.25, 0.3) is 0 Å². The second-order valence-corrected chi connectivity index (χ2v) is 7.70. The van der Waals surface area contributed by atoms with Gasteiger partial charge in [0.15, 0.2) is 0 Å². The first-order chi connectivity index (χ1) is 13.7. The number of ether oxygens (including phenoxy) is 1. The van der Waals surface area contributed by atoms with E-state index in [1.165, 1.54) is 19.3 Å². The Kier molecular flexibility index (Phi) is 5.74. The molecule has 6 heteroatoms. The van der Waals surface area contributed by atoms with Crippen molar-refractivity contribution in [2.24, 2.45) is 0 Å². The van der Waals surface area contributed by atoms with Crippen molar-refractivity contribution in [3.63, 3.8) is 0 Å². The number of hydrogen-bond donors (Lipinski definition) is 2. The highest BCUT2D eigenvalue weighted by atomic mass is 16.5. The molecular weight excluding hydrogens is 352 g/mol. The van der Waals surface area contributed by atoms with Crippen molar-refractivity contribution in [1.29, 1.82) is 0 Å². The molecule has 0 bridgehead atoms. The van der Waals surface area contributed by atoms with E-state index in [4.69, 9.17) is 4.74 Å². The summed E-state index contributed by atoms with van der Waals surface area (Å²) in [5.41, 5.74) is 3.10. The standard InChI is InChI=1S/C22H28N4O2/c1-15-24-19-14-28-20-10-6-5-7-16(20)13-18(19)22(25-15)23-12-11-21(27)26-17-8-3-2-4-9-17/h5-7,10,17H,2-4,8-9,11-14H2,1H3,(H,26,27)(H,23,24,25). The van der Waals surface area contributed by atoms with E-state index in [1.807, 2.05) is 25.1 Å². The van der Waals surface area contributed by atoms with Crippen molar-refractivity contribution in [1.82, 2.24) is 15.3 Å². The van der Waals surface area contributed by atoms with Gasteiger partial charge >= 0.3 is 0 Å². The summed E-state index contributed by atoms with van der Waals surface area (Å²) in [5.74, 6) is 2.54. The SMILES string of the molecule is Cc1nc2c(c(NCCC(=O)NC3CCCCC3)n1)Cc1ccccc1OC2. The fourth-order valence-corrected chi connectivity index (χ4v) is 4.07.